The van der Waals surface area contributed by atoms with Gasteiger partial charge in [-0.25, -0.2) is 0 Å². The molecule has 0 atom stereocenters. The van der Waals surface area contributed by atoms with Crippen molar-refractivity contribution in [3.8, 4) is 11.5 Å². The topological polar surface area (TPSA) is 97.1 Å². The Morgan fingerprint density at radius 3 is 2.31 bits per heavy atom. The molecule has 7 heteroatoms. The second-order valence-electron chi connectivity index (χ2n) is 5.73. The molecule has 2 aromatic carbocycles. The van der Waals surface area contributed by atoms with Crippen LogP contribution in [0, 0.1) is 6.92 Å². The summed E-state index contributed by atoms with van der Waals surface area (Å²) in [6, 6.07) is 14.1. The number of hydrogen-bond acceptors (Lipinski definition) is 5. The molecule has 0 spiro atoms. The summed E-state index contributed by atoms with van der Waals surface area (Å²) in [7, 11) is 1.60. The molecule has 7 nitrogen and oxygen atoms in total. The van der Waals surface area contributed by atoms with Gasteiger partial charge in [0.2, 0.25) is 5.91 Å². The van der Waals surface area contributed by atoms with Crippen molar-refractivity contribution in [2.24, 2.45) is 0 Å². The van der Waals surface area contributed by atoms with Crippen LogP contribution < -0.4 is 10.6 Å². The average molecular weight is 350 g/mol. The highest BCUT2D eigenvalue weighted by molar-refractivity contribution is 6.04. The summed E-state index contributed by atoms with van der Waals surface area (Å²) in [5.74, 6) is 0.693. The molecule has 3 rings (SSSR count). The van der Waals surface area contributed by atoms with Crippen LogP contribution in [0.25, 0.3) is 11.5 Å². The zero-order valence-corrected chi connectivity index (χ0v) is 14.4. The first-order valence-electron chi connectivity index (χ1n) is 8.07. The first kappa shape index (κ1) is 17.3. The standard InChI is InChI=1S/C19H18N4O3/c1-12-21-19(26-23-12)15-7-5-14(6-8-15)18(25)22-16-9-3-13(4-10-16)11-17(24)20-2/h3-10H,11H2,1-2H3,(H,20,24)(H,22,25). The smallest absolute Gasteiger partial charge is 0.257 e. The third kappa shape index (κ3) is 4.13. The summed E-state index contributed by atoms with van der Waals surface area (Å²) in [5, 5.41) is 9.15. The van der Waals surface area contributed by atoms with Gasteiger partial charge in [0, 0.05) is 23.9 Å². The van der Waals surface area contributed by atoms with Gasteiger partial charge in [-0.15, -0.1) is 0 Å². The number of nitrogens with zero attached hydrogens (tertiary/aromatic N) is 2. The van der Waals surface area contributed by atoms with E-state index in [4.69, 9.17) is 4.52 Å². The number of amides is 2. The summed E-state index contributed by atoms with van der Waals surface area (Å²) < 4.78 is 5.10. The lowest BCUT2D eigenvalue weighted by Crippen LogP contribution is -2.19. The van der Waals surface area contributed by atoms with Gasteiger partial charge in [-0.3, -0.25) is 9.59 Å². The molecule has 0 unspecified atom stereocenters. The largest absolute Gasteiger partial charge is 0.359 e. The lowest BCUT2D eigenvalue weighted by Gasteiger charge is -2.07. The van der Waals surface area contributed by atoms with Gasteiger partial charge in [-0.05, 0) is 48.9 Å². The lowest BCUT2D eigenvalue weighted by atomic mass is 10.1. The third-order valence-electron chi connectivity index (χ3n) is 3.78. The number of carbonyl (C=O) groups is 2. The number of anilines is 1. The molecule has 3 aromatic rings. The summed E-state index contributed by atoms with van der Waals surface area (Å²) >= 11 is 0. The first-order chi connectivity index (χ1) is 12.5. The van der Waals surface area contributed by atoms with Crippen LogP contribution in [0.15, 0.2) is 53.1 Å². The molecule has 0 aliphatic heterocycles. The molecule has 1 aromatic heterocycles. The van der Waals surface area contributed by atoms with E-state index in [1.54, 1.807) is 50.4 Å². The minimum absolute atomic E-state index is 0.0571. The number of carbonyl (C=O) groups excluding carboxylic acids is 2. The van der Waals surface area contributed by atoms with Crippen LogP contribution in [0.1, 0.15) is 21.7 Å². The highest BCUT2D eigenvalue weighted by Gasteiger charge is 2.10. The second-order valence-corrected chi connectivity index (χ2v) is 5.73. The molecule has 0 radical (unpaired) electrons. The Hall–Kier alpha value is -3.48. The molecule has 0 saturated heterocycles. The molecule has 1 heterocycles. The summed E-state index contributed by atoms with van der Waals surface area (Å²) in [4.78, 5) is 27.9. The molecule has 26 heavy (non-hydrogen) atoms. The van der Waals surface area contributed by atoms with Gasteiger partial charge in [-0.2, -0.15) is 4.98 Å². The maximum absolute atomic E-state index is 12.3. The summed E-state index contributed by atoms with van der Waals surface area (Å²) in [6.07, 6.45) is 0.307. The van der Waals surface area contributed by atoms with Crippen molar-refractivity contribution < 1.29 is 14.1 Å². The SMILES string of the molecule is CNC(=O)Cc1ccc(NC(=O)c2ccc(-c3nc(C)no3)cc2)cc1. The molecular weight excluding hydrogens is 332 g/mol. The second kappa shape index (κ2) is 7.60. The zero-order chi connectivity index (χ0) is 18.5. The van der Waals surface area contributed by atoms with Crippen LogP contribution in [0.5, 0.6) is 0 Å². The molecule has 2 N–H and O–H groups in total. The maximum atomic E-state index is 12.3. The Bertz CT molecular complexity index is 915. The molecule has 2 amide bonds. The van der Waals surface area contributed by atoms with Crippen LogP contribution in [0.4, 0.5) is 5.69 Å². The van der Waals surface area contributed by atoms with E-state index in [-0.39, 0.29) is 11.8 Å². The van der Waals surface area contributed by atoms with Crippen LogP contribution >= 0.6 is 0 Å². The van der Waals surface area contributed by atoms with Gasteiger partial charge >= 0.3 is 0 Å². The quantitative estimate of drug-likeness (QED) is 0.737. The van der Waals surface area contributed by atoms with E-state index in [1.807, 2.05) is 12.1 Å². The molecule has 132 valence electrons. The minimum atomic E-state index is -0.225. The fourth-order valence-electron chi connectivity index (χ4n) is 2.36. The van der Waals surface area contributed by atoms with Gasteiger partial charge in [0.25, 0.3) is 11.8 Å². The zero-order valence-electron chi connectivity index (χ0n) is 14.4. The van der Waals surface area contributed by atoms with Crippen LogP contribution in [0.2, 0.25) is 0 Å². The van der Waals surface area contributed by atoms with Gasteiger partial charge < -0.3 is 15.2 Å². The number of likely N-dealkylation sites (N-methyl/N-ethyl adjacent to an activating group) is 1. The first-order valence-corrected chi connectivity index (χ1v) is 8.07. The molecule has 0 aliphatic rings. The number of rotatable bonds is 5. The van der Waals surface area contributed by atoms with Crippen LogP contribution in [-0.4, -0.2) is 29.0 Å². The Labute approximate surface area is 150 Å². The number of aryl methyl sites for hydroxylation is 1. The molecule has 0 aliphatic carbocycles. The van der Waals surface area contributed by atoms with Gasteiger partial charge in [0.1, 0.15) is 0 Å². The van der Waals surface area contributed by atoms with E-state index in [0.717, 1.165) is 11.1 Å². The minimum Gasteiger partial charge on any atom is -0.359 e. The van der Waals surface area contributed by atoms with Crippen molar-refractivity contribution in [2.45, 2.75) is 13.3 Å². The van der Waals surface area contributed by atoms with E-state index in [0.29, 0.717) is 29.4 Å². The lowest BCUT2D eigenvalue weighted by molar-refractivity contribution is -0.119. The summed E-state index contributed by atoms with van der Waals surface area (Å²) in [5.41, 5.74) is 2.80. The summed E-state index contributed by atoms with van der Waals surface area (Å²) in [6.45, 7) is 1.74. The average Bonchev–Trinajstić information content (AvgIpc) is 3.09. The third-order valence-corrected chi connectivity index (χ3v) is 3.78. The fraction of sp³-hybridized carbons (Fsp3) is 0.158. The Morgan fingerprint density at radius 2 is 1.73 bits per heavy atom. The number of benzene rings is 2. The van der Waals surface area contributed by atoms with Crippen molar-refractivity contribution in [1.29, 1.82) is 0 Å². The van der Waals surface area contributed by atoms with E-state index >= 15 is 0 Å². The maximum Gasteiger partial charge on any atom is 0.257 e. The van der Waals surface area contributed by atoms with Gasteiger partial charge in [0.05, 0.1) is 6.42 Å². The van der Waals surface area contributed by atoms with Crippen LogP contribution in [-0.2, 0) is 11.2 Å². The van der Waals surface area contributed by atoms with E-state index < -0.39 is 0 Å². The number of nitrogens with one attached hydrogen (secondary N) is 2. The molecule has 0 bridgehead atoms. The predicted octanol–water partition coefficient (Wildman–Crippen LogP) is 2.59. The van der Waals surface area contributed by atoms with Crippen LogP contribution in [0.3, 0.4) is 0 Å². The predicted molar refractivity (Wildman–Crippen MR) is 96.6 cm³/mol. The molecule has 0 saturated carbocycles. The van der Waals surface area contributed by atoms with E-state index in [2.05, 4.69) is 20.8 Å². The fourth-order valence-corrected chi connectivity index (χ4v) is 2.36. The Kier molecular flexibility index (Phi) is 5.07. The van der Waals surface area contributed by atoms with Crippen molar-refractivity contribution in [3.63, 3.8) is 0 Å². The molecule has 0 fully saturated rings. The number of hydrogen-bond donors (Lipinski definition) is 2. The monoisotopic (exact) mass is 350 g/mol. The van der Waals surface area contributed by atoms with Crippen molar-refractivity contribution in [1.82, 2.24) is 15.5 Å². The van der Waals surface area contributed by atoms with Gasteiger partial charge in [-0.1, -0.05) is 17.3 Å². The number of aromatic nitrogens is 2. The molecular formula is C19H18N4O3. The van der Waals surface area contributed by atoms with Crippen molar-refractivity contribution in [2.75, 3.05) is 12.4 Å². The van der Waals surface area contributed by atoms with Gasteiger partial charge in [0.15, 0.2) is 5.82 Å². The van der Waals surface area contributed by atoms with Crippen molar-refractivity contribution in [3.05, 3.63) is 65.5 Å². The Balaban J connectivity index is 1.65. The highest BCUT2D eigenvalue weighted by atomic mass is 16.5. The van der Waals surface area contributed by atoms with Crippen molar-refractivity contribution >= 4 is 17.5 Å². The Morgan fingerprint density at radius 1 is 1.04 bits per heavy atom. The van der Waals surface area contributed by atoms with E-state index in [9.17, 15) is 9.59 Å². The normalized spacial score (nSPS) is 10.4. The van der Waals surface area contributed by atoms with E-state index in [1.165, 1.54) is 0 Å². The highest BCUT2D eigenvalue weighted by Crippen LogP contribution is 2.18.